The highest BCUT2D eigenvalue weighted by atomic mass is 32.1. The third-order valence-corrected chi connectivity index (χ3v) is 6.74. The van der Waals surface area contributed by atoms with Gasteiger partial charge in [0.2, 0.25) is 11.7 Å². The molecule has 1 N–H and O–H groups in total. The van der Waals surface area contributed by atoms with E-state index < -0.39 is 0 Å². The van der Waals surface area contributed by atoms with E-state index in [0.29, 0.717) is 48.2 Å². The first-order valence-electron chi connectivity index (χ1n) is 11.4. The van der Waals surface area contributed by atoms with Gasteiger partial charge >= 0.3 is 0 Å². The van der Waals surface area contributed by atoms with Gasteiger partial charge in [0.05, 0.1) is 11.6 Å². The van der Waals surface area contributed by atoms with Crippen LogP contribution in [0.25, 0.3) is 16.0 Å². The van der Waals surface area contributed by atoms with Crippen molar-refractivity contribution in [2.24, 2.45) is 5.92 Å². The lowest BCUT2D eigenvalue weighted by molar-refractivity contribution is -0.121. The van der Waals surface area contributed by atoms with Gasteiger partial charge in [0.15, 0.2) is 11.5 Å². The summed E-state index contributed by atoms with van der Waals surface area (Å²) in [6.45, 7) is 7.68. The molecule has 5 rings (SSSR count). The van der Waals surface area contributed by atoms with Crippen LogP contribution in [-0.4, -0.2) is 38.3 Å². The zero-order valence-corrected chi connectivity index (χ0v) is 20.2. The molecule has 0 saturated carbocycles. The normalized spacial score (nSPS) is 14.1. The van der Waals surface area contributed by atoms with Crippen LogP contribution in [0.3, 0.4) is 0 Å². The Balaban J connectivity index is 1.33. The molecule has 0 bridgehead atoms. The third-order valence-electron chi connectivity index (χ3n) is 5.85. The average molecular weight is 482 g/mol. The number of nitrogens with one attached hydrogen (secondary N) is 1. The van der Waals surface area contributed by atoms with Gasteiger partial charge in [0, 0.05) is 19.4 Å². The van der Waals surface area contributed by atoms with E-state index in [1.807, 2.05) is 41.0 Å². The van der Waals surface area contributed by atoms with Crippen LogP contribution in [0.5, 0.6) is 11.5 Å². The van der Waals surface area contributed by atoms with Crippen LogP contribution < -0.4 is 20.3 Å². The van der Waals surface area contributed by atoms with Crippen molar-refractivity contribution in [2.75, 3.05) is 13.2 Å². The fourth-order valence-electron chi connectivity index (χ4n) is 4.22. The van der Waals surface area contributed by atoms with E-state index >= 15 is 0 Å². The summed E-state index contributed by atoms with van der Waals surface area (Å²) in [6.07, 6.45) is 0.663. The van der Waals surface area contributed by atoms with Crippen molar-refractivity contribution in [1.82, 2.24) is 24.5 Å². The number of hydrogen-bond donors (Lipinski definition) is 1. The van der Waals surface area contributed by atoms with E-state index in [-0.39, 0.29) is 29.8 Å². The summed E-state index contributed by atoms with van der Waals surface area (Å²) in [5.74, 6) is 2.81. The molecule has 10 heteroatoms. The maximum absolute atomic E-state index is 13.0. The number of nitrogens with zero attached hydrogens (tertiary/aromatic N) is 4. The van der Waals surface area contributed by atoms with Crippen molar-refractivity contribution in [3.8, 4) is 11.5 Å². The van der Waals surface area contributed by atoms with Crippen molar-refractivity contribution >= 4 is 33.2 Å². The fraction of sp³-hybridized carbons (Fsp3) is 0.417. The molecular formula is C24H27N5O4S. The lowest BCUT2D eigenvalue weighted by Crippen LogP contribution is -2.27. The fourth-order valence-corrected chi connectivity index (χ4v) is 5.05. The third kappa shape index (κ3) is 4.13. The first-order chi connectivity index (χ1) is 16.4. The number of carbonyl (C=O) groups is 1. The molecule has 1 aliphatic rings. The molecule has 178 valence electrons. The highest BCUT2D eigenvalue weighted by Crippen LogP contribution is 2.32. The van der Waals surface area contributed by atoms with Crippen molar-refractivity contribution in [1.29, 1.82) is 0 Å². The Kier molecular flexibility index (Phi) is 5.99. The minimum absolute atomic E-state index is 0.0452. The summed E-state index contributed by atoms with van der Waals surface area (Å²) in [7, 11) is 0. The van der Waals surface area contributed by atoms with Gasteiger partial charge in [0.1, 0.15) is 23.7 Å². The maximum Gasteiger partial charge on any atom is 0.272 e. The van der Waals surface area contributed by atoms with E-state index in [0.717, 1.165) is 16.8 Å². The molecule has 4 aromatic rings. The summed E-state index contributed by atoms with van der Waals surface area (Å²) in [5.41, 5.74) is 1.69. The first-order valence-corrected chi connectivity index (χ1v) is 12.3. The Bertz CT molecular complexity index is 1420. The van der Waals surface area contributed by atoms with Gasteiger partial charge in [-0.1, -0.05) is 19.9 Å². The van der Waals surface area contributed by atoms with E-state index in [2.05, 4.69) is 29.4 Å². The van der Waals surface area contributed by atoms with Gasteiger partial charge in [-0.15, -0.1) is 21.5 Å². The SMILES string of the molecule is CC(C)Cn1c(=O)c2sccc2n2c(CCC(=O)N[C@H](C)c3ccc4c(c3)OCCO4)nnc12. The standard InChI is InChI=1S/C24H27N5O4S/c1-14(2)13-28-23(31)22-17(8-11-34-22)29-20(26-27-24(28)29)6-7-21(30)25-15(3)16-4-5-18-19(12-16)33-10-9-32-18/h4-5,8,11-12,14-15H,6-7,9-10,13H2,1-3H3,(H,25,30)/t15-/m1/s1. The Hall–Kier alpha value is -3.40. The predicted octanol–water partition coefficient (Wildman–Crippen LogP) is 3.34. The molecule has 0 spiro atoms. The van der Waals surface area contributed by atoms with Crippen LogP contribution in [0.1, 0.15) is 44.6 Å². The molecular weight excluding hydrogens is 454 g/mol. The zero-order chi connectivity index (χ0) is 23.8. The maximum atomic E-state index is 13.0. The molecule has 34 heavy (non-hydrogen) atoms. The largest absolute Gasteiger partial charge is 0.486 e. The lowest BCUT2D eigenvalue weighted by Gasteiger charge is -2.21. The molecule has 3 aromatic heterocycles. The second-order valence-corrected chi connectivity index (χ2v) is 9.80. The minimum Gasteiger partial charge on any atom is -0.486 e. The molecule has 9 nitrogen and oxygen atoms in total. The van der Waals surface area contributed by atoms with Gasteiger partial charge < -0.3 is 14.8 Å². The number of benzene rings is 1. The van der Waals surface area contributed by atoms with Crippen molar-refractivity contribution in [2.45, 2.75) is 46.2 Å². The Labute approximate surface area is 200 Å². The first kappa shape index (κ1) is 22.4. The van der Waals surface area contributed by atoms with Crippen molar-refractivity contribution < 1.29 is 14.3 Å². The van der Waals surface area contributed by atoms with E-state index in [4.69, 9.17) is 9.47 Å². The number of aromatic nitrogens is 4. The molecule has 1 aromatic carbocycles. The van der Waals surface area contributed by atoms with Crippen molar-refractivity contribution in [3.63, 3.8) is 0 Å². The van der Waals surface area contributed by atoms with Crippen LogP contribution in [-0.2, 0) is 17.8 Å². The van der Waals surface area contributed by atoms with Gasteiger partial charge in [-0.05, 0) is 42.0 Å². The second kappa shape index (κ2) is 9.09. The topological polar surface area (TPSA) is 99.8 Å². The number of rotatable bonds is 7. The summed E-state index contributed by atoms with van der Waals surface area (Å²) >= 11 is 1.41. The minimum atomic E-state index is -0.182. The lowest BCUT2D eigenvalue weighted by atomic mass is 10.1. The number of fused-ring (bicyclic) bond motifs is 4. The van der Waals surface area contributed by atoms with Crippen LogP contribution in [0.4, 0.5) is 0 Å². The van der Waals surface area contributed by atoms with E-state index in [1.54, 1.807) is 4.57 Å². The summed E-state index contributed by atoms with van der Waals surface area (Å²) < 4.78 is 15.5. The van der Waals surface area contributed by atoms with Gasteiger partial charge in [0.25, 0.3) is 5.56 Å². The van der Waals surface area contributed by atoms with Gasteiger partial charge in [-0.2, -0.15) is 0 Å². The summed E-state index contributed by atoms with van der Waals surface area (Å²) in [6, 6.07) is 7.44. The zero-order valence-electron chi connectivity index (χ0n) is 19.4. The number of hydrogen-bond acceptors (Lipinski definition) is 7. The van der Waals surface area contributed by atoms with Crippen molar-refractivity contribution in [3.05, 3.63) is 51.4 Å². The number of ether oxygens (including phenoxy) is 2. The summed E-state index contributed by atoms with van der Waals surface area (Å²) in [5, 5.41) is 13.6. The predicted molar refractivity (Wildman–Crippen MR) is 130 cm³/mol. The van der Waals surface area contributed by atoms with Crippen LogP contribution >= 0.6 is 11.3 Å². The Morgan fingerprint density at radius 2 is 1.94 bits per heavy atom. The Morgan fingerprint density at radius 3 is 2.74 bits per heavy atom. The molecule has 1 atom stereocenters. The van der Waals surface area contributed by atoms with Crippen LogP contribution in [0.15, 0.2) is 34.4 Å². The average Bonchev–Trinajstić information content (AvgIpc) is 3.47. The van der Waals surface area contributed by atoms with Gasteiger partial charge in [-0.3, -0.25) is 18.6 Å². The highest BCUT2D eigenvalue weighted by molar-refractivity contribution is 7.17. The molecule has 0 aliphatic carbocycles. The van der Waals surface area contributed by atoms with Crippen LogP contribution in [0, 0.1) is 5.92 Å². The number of carbonyl (C=O) groups excluding carboxylic acids is 1. The molecule has 1 aliphatic heterocycles. The highest BCUT2D eigenvalue weighted by Gasteiger charge is 2.20. The number of thiophene rings is 1. The second-order valence-electron chi connectivity index (χ2n) is 8.89. The molecule has 0 unspecified atom stereocenters. The summed E-state index contributed by atoms with van der Waals surface area (Å²) in [4.78, 5) is 25.7. The Morgan fingerprint density at radius 1 is 1.15 bits per heavy atom. The smallest absolute Gasteiger partial charge is 0.272 e. The molecule has 0 radical (unpaired) electrons. The number of amides is 1. The molecule has 0 fully saturated rings. The molecule has 0 saturated heterocycles. The quantitative estimate of drug-likeness (QED) is 0.435. The molecule has 1 amide bonds. The monoisotopic (exact) mass is 481 g/mol. The molecule has 4 heterocycles. The van der Waals surface area contributed by atoms with Crippen LogP contribution in [0.2, 0.25) is 0 Å². The van der Waals surface area contributed by atoms with Gasteiger partial charge in [-0.25, -0.2) is 0 Å². The number of aryl methyl sites for hydroxylation is 1. The van der Waals surface area contributed by atoms with E-state index in [9.17, 15) is 9.59 Å². The van der Waals surface area contributed by atoms with E-state index in [1.165, 1.54) is 11.3 Å².